The lowest BCUT2D eigenvalue weighted by atomic mass is 9.83. The number of alkyl halides is 1. The van der Waals surface area contributed by atoms with Crippen LogP contribution in [0, 0.1) is 0 Å². The molecule has 68 heavy (non-hydrogen) atoms. The lowest BCUT2D eigenvalue weighted by Gasteiger charge is -2.50. The molecule has 25 heteroatoms. The molecule has 394 valence electrons. The van der Waals surface area contributed by atoms with Crippen molar-refractivity contribution >= 4 is 42.1 Å². The van der Waals surface area contributed by atoms with E-state index in [0.29, 0.717) is 0 Å². The molecule has 0 bridgehead atoms. The Morgan fingerprint density at radius 2 is 0.838 bits per heavy atom. The van der Waals surface area contributed by atoms with Crippen molar-refractivity contribution in [1.29, 1.82) is 0 Å². The molecule has 3 rings (SSSR count). The number of ether oxygens (including phenoxy) is 9. The molecule has 15 atom stereocenters. The number of aliphatic hydroxyl groups is 5. The van der Waals surface area contributed by atoms with E-state index in [1.165, 1.54) is 0 Å². The smallest absolute Gasteiger partial charge is 0.408 e. The van der Waals surface area contributed by atoms with Crippen molar-refractivity contribution in [2.45, 2.75) is 230 Å². The standard InChI is InChI=1S/C43H76ClN5O19/c1-39(2,3)64-34(55)45-18-22-26(51)27(52)24(49-38(59)68-43(13,14)15)32(61-22)62-30-19(46-35(56)65-40(4,5)6)16-20(47-36(57)66-41(7,8)9)31(29(30)54)63-33-28(53)23(25(50)21(17-44)60-33)48-37(58)67-42(10,11)12/h19-33,50-54H,16-18H2,1-15H3,(H,45,55)(H,46,56)(H,47,57)(H,48,58)(H,49,59). The fourth-order valence-electron chi connectivity index (χ4n) is 7.17. The minimum atomic E-state index is -2.02. The number of aliphatic hydroxyl groups excluding tert-OH is 5. The van der Waals surface area contributed by atoms with Crippen molar-refractivity contribution in [3.63, 3.8) is 0 Å². The fraction of sp³-hybridized carbons (Fsp3) is 0.884. The number of carbonyl (C=O) groups is 5. The van der Waals surface area contributed by atoms with E-state index in [1.54, 1.807) is 104 Å². The average Bonchev–Trinajstić information content (AvgIpc) is 3.12. The van der Waals surface area contributed by atoms with E-state index in [2.05, 4.69) is 26.6 Å². The maximum Gasteiger partial charge on any atom is 0.408 e. The van der Waals surface area contributed by atoms with Crippen LogP contribution in [-0.4, -0.2) is 188 Å². The summed E-state index contributed by atoms with van der Waals surface area (Å²) in [5.74, 6) is -0.385. The third-order valence-electron chi connectivity index (χ3n) is 9.73. The Morgan fingerprint density at radius 1 is 0.471 bits per heavy atom. The summed E-state index contributed by atoms with van der Waals surface area (Å²) in [6.45, 7) is 23.5. The number of nitrogens with one attached hydrogen (secondary N) is 5. The van der Waals surface area contributed by atoms with Crippen LogP contribution in [0.2, 0.25) is 0 Å². The average molecular weight is 1000 g/mol. The lowest BCUT2D eigenvalue weighted by molar-refractivity contribution is -0.319. The van der Waals surface area contributed by atoms with Crippen LogP contribution < -0.4 is 26.6 Å². The summed E-state index contributed by atoms with van der Waals surface area (Å²) >= 11 is 6.18. The van der Waals surface area contributed by atoms with Crippen LogP contribution in [0.1, 0.15) is 110 Å². The van der Waals surface area contributed by atoms with Gasteiger partial charge in [-0.3, -0.25) is 0 Å². The van der Waals surface area contributed by atoms with E-state index in [1.807, 2.05) is 0 Å². The highest BCUT2D eigenvalue weighted by molar-refractivity contribution is 6.18. The summed E-state index contributed by atoms with van der Waals surface area (Å²) in [5.41, 5.74) is -5.02. The topological polar surface area (TPSA) is 330 Å². The van der Waals surface area contributed by atoms with Gasteiger partial charge in [-0.15, -0.1) is 11.6 Å². The Kier molecular flexibility index (Phi) is 19.8. The molecule has 2 aliphatic heterocycles. The lowest BCUT2D eigenvalue weighted by Crippen LogP contribution is -2.71. The summed E-state index contributed by atoms with van der Waals surface area (Å²) < 4.78 is 51.8. The first kappa shape index (κ1) is 58.6. The van der Waals surface area contributed by atoms with Gasteiger partial charge in [-0.2, -0.15) is 0 Å². The molecule has 1 aliphatic carbocycles. The SMILES string of the molecule is CC(C)(C)OC(=O)NCC1OC(OC2C(NC(=O)OC(C)(C)C)CC(NC(=O)OC(C)(C)C)C(OC3OC(CCl)C(O)C(NC(=O)OC(C)(C)C)C3O)C2O)C(NC(=O)OC(C)(C)C)C(O)C1O. The largest absolute Gasteiger partial charge is 0.444 e. The number of halogens is 1. The van der Waals surface area contributed by atoms with Crippen LogP contribution in [0.15, 0.2) is 0 Å². The van der Waals surface area contributed by atoms with Crippen LogP contribution in [0.25, 0.3) is 0 Å². The van der Waals surface area contributed by atoms with Gasteiger partial charge in [-0.05, 0) is 110 Å². The van der Waals surface area contributed by atoms with Gasteiger partial charge in [0.1, 0.15) is 89.0 Å². The zero-order valence-corrected chi connectivity index (χ0v) is 42.4. The van der Waals surface area contributed by atoms with Gasteiger partial charge in [-0.25, -0.2) is 24.0 Å². The first-order valence-electron chi connectivity index (χ1n) is 22.4. The molecule has 3 aliphatic rings. The molecule has 0 aromatic rings. The Bertz CT molecular complexity index is 1710. The number of rotatable bonds is 11. The molecular weight excluding hydrogens is 926 g/mol. The fourth-order valence-corrected chi connectivity index (χ4v) is 7.42. The maximum atomic E-state index is 13.5. The summed E-state index contributed by atoms with van der Waals surface area (Å²) in [7, 11) is 0. The second-order valence-corrected chi connectivity index (χ2v) is 22.2. The van der Waals surface area contributed by atoms with E-state index in [0.717, 1.165) is 0 Å². The molecular formula is C43H76ClN5O19. The number of hydrogen-bond acceptors (Lipinski definition) is 19. The van der Waals surface area contributed by atoms with E-state index in [4.69, 9.17) is 54.2 Å². The zero-order chi connectivity index (χ0) is 52.1. The molecule has 1 saturated carbocycles. The van der Waals surface area contributed by atoms with Gasteiger partial charge in [0.05, 0.1) is 24.0 Å². The quantitative estimate of drug-likeness (QED) is 0.104. The molecule has 24 nitrogen and oxygen atoms in total. The van der Waals surface area contributed by atoms with Crippen LogP contribution in [-0.2, 0) is 42.6 Å². The monoisotopic (exact) mass is 1000 g/mol. The van der Waals surface area contributed by atoms with Crippen LogP contribution in [0.5, 0.6) is 0 Å². The maximum absolute atomic E-state index is 13.5. The van der Waals surface area contributed by atoms with Crippen LogP contribution >= 0.6 is 11.6 Å². The van der Waals surface area contributed by atoms with Gasteiger partial charge in [-0.1, -0.05) is 0 Å². The highest BCUT2D eigenvalue weighted by Gasteiger charge is 2.55. The van der Waals surface area contributed by atoms with Crippen LogP contribution in [0.3, 0.4) is 0 Å². The molecule has 5 amide bonds. The molecule has 3 fully saturated rings. The van der Waals surface area contributed by atoms with Crippen molar-refractivity contribution < 1.29 is 92.1 Å². The third-order valence-corrected chi connectivity index (χ3v) is 10.0. The van der Waals surface area contributed by atoms with E-state index >= 15 is 0 Å². The molecule has 0 aromatic carbocycles. The Labute approximate surface area is 402 Å². The van der Waals surface area contributed by atoms with Gasteiger partial charge in [0.15, 0.2) is 12.6 Å². The van der Waals surface area contributed by atoms with Gasteiger partial charge < -0.3 is 94.7 Å². The molecule has 2 heterocycles. The Morgan fingerprint density at radius 3 is 1.25 bits per heavy atom. The van der Waals surface area contributed by atoms with Crippen molar-refractivity contribution in [3.05, 3.63) is 0 Å². The van der Waals surface area contributed by atoms with Gasteiger partial charge in [0.25, 0.3) is 0 Å². The summed E-state index contributed by atoms with van der Waals surface area (Å²) in [6.07, 6.45) is -24.5. The van der Waals surface area contributed by atoms with Gasteiger partial charge >= 0.3 is 30.5 Å². The predicted octanol–water partition coefficient (Wildman–Crippen LogP) is 1.75. The van der Waals surface area contributed by atoms with Crippen molar-refractivity contribution in [3.8, 4) is 0 Å². The molecule has 10 N–H and O–H groups in total. The summed E-state index contributed by atoms with van der Waals surface area (Å²) in [4.78, 5) is 65.7. The van der Waals surface area contributed by atoms with Crippen molar-refractivity contribution in [2.24, 2.45) is 0 Å². The second kappa shape index (κ2) is 23.0. The predicted molar refractivity (Wildman–Crippen MR) is 239 cm³/mol. The summed E-state index contributed by atoms with van der Waals surface area (Å²) in [6, 6.07) is -5.94. The number of hydrogen-bond donors (Lipinski definition) is 10. The number of carbonyl (C=O) groups excluding carboxylic acids is 5. The van der Waals surface area contributed by atoms with E-state index in [9.17, 15) is 49.5 Å². The molecule has 15 unspecified atom stereocenters. The van der Waals surface area contributed by atoms with Gasteiger partial charge in [0, 0.05) is 6.54 Å². The Hall–Kier alpha value is -3.72. The molecule has 0 radical (unpaired) electrons. The second-order valence-electron chi connectivity index (χ2n) is 21.9. The minimum absolute atomic E-state index is 0.374. The summed E-state index contributed by atoms with van der Waals surface area (Å²) in [5, 5.41) is 70.8. The molecule has 0 aromatic heterocycles. The highest BCUT2D eigenvalue weighted by Crippen LogP contribution is 2.34. The zero-order valence-electron chi connectivity index (χ0n) is 41.6. The number of alkyl carbamates (subject to hydrolysis) is 5. The molecule has 2 saturated heterocycles. The number of amides is 5. The third kappa shape index (κ3) is 18.6. The van der Waals surface area contributed by atoms with E-state index < -0.39 is 157 Å². The molecule has 0 spiro atoms. The van der Waals surface area contributed by atoms with Gasteiger partial charge in [0.2, 0.25) is 0 Å². The highest BCUT2D eigenvalue weighted by atomic mass is 35.5. The van der Waals surface area contributed by atoms with Crippen LogP contribution in [0.4, 0.5) is 24.0 Å². The Balaban J connectivity index is 2.17. The normalized spacial score (nSPS) is 32.7. The van der Waals surface area contributed by atoms with Crippen molar-refractivity contribution in [1.82, 2.24) is 26.6 Å². The van der Waals surface area contributed by atoms with Crippen molar-refractivity contribution in [2.75, 3.05) is 12.4 Å². The minimum Gasteiger partial charge on any atom is -0.444 e. The van der Waals surface area contributed by atoms with E-state index in [-0.39, 0.29) is 12.3 Å². The first-order chi connectivity index (χ1) is 30.9. The first-order valence-corrected chi connectivity index (χ1v) is 22.9.